The maximum Gasteiger partial charge on any atom is 0.175 e. The van der Waals surface area contributed by atoms with Crippen LogP contribution in [-0.4, -0.2) is 15.7 Å². The first-order chi connectivity index (χ1) is 9.88. The third-order valence-electron chi connectivity index (χ3n) is 3.48. The summed E-state index contributed by atoms with van der Waals surface area (Å²) in [5, 5.41) is 0.590. The molecule has 0 heterocycles. The van der Waals surface area contributed by atoms with Gasteiger partial charge in [-0.05, 0) is 67.8 Å². The Morgan fingerprint density at radius 2 is 1.57 bits per heavy atom. The van der Waals surface area contributed by atoms with Gasteiger partial charge in [0.15, 0.2) is 5.78 Å². The minimum atomic E-state index is -1.35. The summed E-state index contributed by atoms with van der Waals surface area (Å²) in [6.45, 7) is 5.90. The lowest BCUT2D eigenvalue weighted by Gasteiger charge is -2.09. The van der Waals surface area contributed by atoms with Gasteiger partial charge in [0.1, 0.15) is 0 Å². The highest BCUT2D eigenvalue weighted by molar-refractivity contribution is 7.85. The molecule has 1 unspecified atom stereocenters. The van der Waals surface area contributed by atoms with E-state index in [2.05, 4.69) is 0 Å². The zero-order valence-electron chi connectivity index (χ0n) is 12.3. The molecule has 4 heteroatoms. The number of Topliss-reactive ketones (excluding diaryl/α,β-unsaturated/α-hetero) is 1. The van der Waals surface area contributed by atoms with Gasteiger partial charge in [-0.15, -0.1) is 0 Å². The first-order valence-electron chi connectivity index (χ1n) is 6.63. The zero-order chi connectivity index (χ0) is 15.6. The van der Waals surface area contributed by atoms with Crippen molar-refractivity contribution in [2.75, 3.05) is 5.75 Å². The van der Waals surface area contributed by atoms with Crippen LogP contribution in [0.3, 0.4) is 0 Å². The average Bonchev–Trinajstić information content (AvgIpc) is 2.43. The highest BCUT2D eigenvalue weighted by Crippen LogP contribution is 2.18. The lowest BCUT2D eigenvalue weighted by molar-refractivity contribution is 0.102. The van der Waals surface area contributed by atoms with Crippen LogP contribution >= 0.6 is 11.6 Å². The monoisotopic (exact) mass is 320 g/mol. The first-order valence-corrected chi connectivity index (χ1v) is 8.33. The van der Waals surface area contributed by atoms with Crippen LogP contribution in [0.5, 0.6) is 0 Å². The van der Waals surface area contributed by atoms with Crippen LogP contribution in [0.2, 0.25) is 5.02 Å². The molecule has 0 fully saturated rings. The van der Waals surface area contributed by atoms with Crippen LogP contribution in [0.4, 0.5) is 0 Å². The largest absolute Gasteiger partial charge is 0.293 e. The maximum absolute atomic E-state index is 12.4. The van der Waals surface area contributed by atoms with Gasteiger partial charge in [-0.2, -0.15) is 0 Å². The molecule has 0 aromatic heterocycles. The molecule has 110 valence electrons. The number of hydrogen-bond acceptors (Lipinski definition) is 2. The number of ketones is 1. The Labute approximate surface area is 132 Å². The van der Waals surface area contributed by atoms with E-state index in [1.165, 1.54) is 0 Å². The van der Waals surface area contributed by atoms with E-state index in [0.29, 0.717) is 15.5 Å². The first kappa shape index (κ1) is 15.9. The molecule has 0 radical (unpaired) electrons. The molecule has 0 amide bonds. The molecule has 1 atom stereocenters. The fourth-order valence-corrected chi connectivity index (χ4v) is 3.25. The van der Waals surface area contributed by atoms with Gasteiger partial charge in [0.05, 0.1) is 16.6 Å². The minimum absolute atomic E-state index is 0.00896. The van der Waals surface area contributed by atoms with E-state index in [-0.39, 0.29) is 11.5 Å². The molecule has 2 aromatic carbocycles. The third kappa shape index (κ3) is 3.80. The van der Waals surface area contributed by atoms with Crippen LogP contribution in [0, 0.1) is 20.8 Å². The molecule has 0 spiro atoms. The molecule has 2 rings (SSSR count). The van der Waals surface area contributed by atoms with Crippen LogP contribution in [-0.2, 0) is 10.8 Å². The van der Waals surface area contributed by atoms with E-state index in [0.717, 1.165) is 16.7 Å². The SMILES string of the molecule is Cc1cc(C)c(C(=O)CS(=O)c2ccc(Cl)cc2)cc1C. The van der Waals surface area contributed by atoms with Crippen LogP contribution in [0.15, 0.2) is 41.3 Å². The van der Waals surface area contributed by atoms with Crippen molar-refractivity contribution in [3.63, 3.8) is 0 Å². The summed E-state index contributed by atoms with van der Waals surface area (Å²) in [5.74, 6) is -0.103. The van der Waals surface area contributed by atoms with E-state index in [1.807, 2.05) is 32.9 Å². The summed E-state index contributed by atoms with van der Waals surface area (Å²) in [7, 11) is -1.35. The number of carbonyl (C=O) groups excluding carboxylic acids is 1. The number of hydrogen-bond donors (Lipinski definition) is 0. The molecule has 0 aliphatic heterocycles. The van der Waals surface area contributed by atoms with E-state index in [9.17, 15) is 9.00 Å². The Balaban J connectivity index is 2.20. The topological polar surface area (TPSA) is 34.1 Å². The van der Waals surface area contributed by atoms with Gasteiger partial charge in [-0.25, -0.2) is 0 Å². The van der Waals surface area contributed by atoms with Crippen molar-refractivity contribution < 1.29 is 9.00 Å². The van der Waals surface area contributed by atoms with E-state index in [4.69, 9.17) is 11.6 Å². The van der Waals surface area contributed by atoms with Crippen molar-refractivity contribution in [2.45, 2.75) is 25.7 Å². The number of halogens is 1. The Hall–Kier alpha value is -1.45. The van der Waals surface area contributed by atoms with Gasteiger partial charge in [0.25, 0.3) is 0 Å². The molecular formula is C17H17ClO2S. The molecular weight excluding hydrogens is 304 g/mol. The van der Waals surface area contributed by atoms with Gasteiger partial charge in [-0.3, -0.25) is 9.00 Å². The Bertz CT molecular complexity index is 705. The predicted octanol–water partition coefficient (Wildman–Crippen LogP) is 4.26. The molecule has 2 aromatic rings. The number of benzene rings is 2. The van der Waals surface area contributed by atoms with E-state index in [1.54, 1.807) is 24.3 Å². The Kier molecular flexibility index (Phi) is 4.96. The van der Waals surface area contributed by atoms with Crippen molar-refractivity contribution in [3.8, 4) is 0 Å². The maximum atomic E-state index is 12.4. The second-order valence-corrected chi connectivity index (χ2v) is 7.01. The Morgan fingerprint density at radius 1 is 1.00 bits per heavy atom. The fraction of sp³-hybridized carbons (Fsp3) is 0.235. The van der Waals surface area contributed by atoms with Crippen molar-refractivity contribution >= 4 is 28.2 Å². The van der Waals surface area contributed by atoms with Crippen molar-refractivity contribution in [3.05, 3.63) is 63.7 Å². The molecule has 0 bridgehead atoms. The van der Waals surface area contributed by atoms with Gasteiger partial charge >= 0.3 is 0 Å². The molecule has 0 aliphatic carbocycles. The highest BCUT2D eigenvalue weighted by Gasteiger charge is 2.15. The minimum Gasteiger partial charge on any atom is -0.293 e. The zero-order valence-corrected chi connectivity index (χ0v) is 13.8. The van der Waals surface area contributed by atoms with Crippen molar-refractivity contribution in [1.29, 1.82) is 0 Å². The molecule has 21 heavy (non-hydrogen) atoms. The number of aryl methyl sites for hydroxylation is 3. The highest BCUT2D eigenvalue weighted by atomic mass is 35.5. The van der Waals surface area contributed by atoms with Crippen LogP contribution in [0.1, 0.15) is 27.0 Å². The molecule has 0 saturated heterocycles. The number of carbonyl (C=O) groups is 1. The summed E-state index contributed by atoms with van der Waals surface area (Å²) in [5.41, 5.74) is 3.81. The molecule has 0 N–H and O–H groups in total. The van der Waals surface area contributed by atoms with Crippen LogP contribution < -0.4 is 0 Å². The second kappa shape index (κ2) is 6.54. The average molecular weight is 321 g/mol. The molecule has 0 saturated carbocycles. The number of rotatable bonds is 4. The van der Waals surface area contributed by atoms with Gasteiger partial charge in [0.2, 0.25) is 0 Å². The summed E-state index contributed by atoms with van der Waals surface area (Å²) >= 11 is 5.81. The molecule has 0 aliphatic rings. The second-order valence-electron chi connectivity index (χ2n) is 5.12. The summed E-state index contributed by atoms with van der Waals surface area (Å²) in [6, 6.07) is 10.6. The van der Waals surface area contributed by atoms with Crippen molar-refractivity contribution in [2.24, 2.45) is 0 Å². The normalized spacial score (nSPS) is 12.2. The quantitative estimate of drug-likeness (QED) is 0.789. The summed E-state index contributed by atoms with van der Waals surface area (Å²) in [4.78, 5) is 13.0. The van der Waals surface area contributed by atoms with Gasteiger partial charge < -0.3 is 0 Å². The van der Waals surface area contributed by atoms with E-state index >= 15 is 0 Å². The Morgan fingerprint density at radius 3 is 2.19 bits per heavy atom. The molecule has 2 nitrogen and oxygen atoms in total. The van der Waals surface area contributed by atoms with E-state index < -0.39 is 10.8 Å². The lowest BCUT2D eigenvalue weighted by Crippen LogP contribution is -2.13. The standard InChI is InChI=1S/C17H17ClO2S/c1-11-8-13(3)16(9-12(11)2)17(19)10-21(20)15-6-4-14(18)5-7-15/h4-9H,10H2,1-3H3. The fourth-order valence-electron chi connectivity index (χ4n) is 2.13. The summed E-state index contributed by atoms with van der Waals surface area (Å²) in [6.07, 6.45) is 0. The van der Waals surface area contributed by atoms with Crippen LogP contribution in [0.25, 0.3) is 0 Å². The predicted molar refractivity (Wildman–Crippen MR) is 87.7 cm³/mol. The van der Waals surface area contributed by atoms with Crippen molar-refractivity contribution in [1.82, 2.24) is 0 Å². The van der Waals surface area contributed by atoms with Gasteiger partial charge in [0, 0.05) is 15.5 Å². The lowest BCUT2D eigenvalue weighted by atomic mass is 9.99. The summed E-state index contributed by atoms with van der Waals surface area (Å²) < 4.78 is 12.3. The van der Waals surface area contributed by atoms with Gasteiger partial charge in [-0.1, -0.05) is 17.7 Å². The smallest absolute Gasteiger partial charge is 0.175 e. The third-order valence-corrected chi connectivity index (χ3v) is 5.05.